The van der Waals surface area contributed by atoms with Crippen LogP contribution in [0.3, 0.4) is 0 Å². The minimum Gasteiger partial charge on any atom is -0.344 e. The fourth-order valence-corrected chi connectivity index (χ4v) is 3.77. The van der Waals surface area contributed by atoms with E-state index in [9.17, 15) is 18.0 Å². The lowest BCUT2D eigenvalue weighted by molar-refractivity contribution is -0.137. The van der Waals surface area contributed by atoms with Crippen LogP contribution in [-0.4, -0.2) is 52.0 Å². The minimum atomic E-state index is -4.45. The van der Waals surface area contributed by atoms with Gasteiger partial charge in [0.1, 0.15) is 12.1 Å². The number of aromatic amines is 1. The summed E-state index contributed by atoms with van der Waals surface area (Å²) in [6, 6.07) is 11.0. The molecule has 7 nitrogen and oxygen atoms in total. The quantitative estimate of drug-likeness (QED) is 0.613. The van der Waals surface area contributed by atoms with E-state index in [-0.39, 0.29) is 0 Å². The van der Waals surface area contributed by atoms with Crippen LogP contribution < -0.4 is 4.90 Å². The molecule has 1 aromatic carbocycles. The molecule has 1 fully saturated rings. The molecule has 3 heterocycles. The largest absolute Gasteiger partial charge is 0.417 e. The van der Waals surface area contributed by atoms with Crippen LogP contribution in [0.25, 0.3) is 11.3 Å². The summed E-state index contributed by atoms with van der Waals surface area (Å²) in [5.41, 5.74) is 2.43. The summed E-state index contributed by atoms with van der Waals surface area (Å²) in [5.74, 6) is 0.344. The summed E-state index contributed by atoms with van der Waals surface area (Å²) >= 11 is 0. The number of rotatable bonds is 5. The summed E-state index contributed by atoms with van der Waals surface area (Å²) in [7, 11) is 0. The summed E-state index contributed by atoms with van der Waals surface area (Å²) < 4.78 is 38.4. The fourth-order valence-electron chi connectivity index (χ4n) is 3.77. The van der Waals surface area contributed by atoms with Crippen LogP contribution in [0.4, 0.5) is 19.0 Å². The molecule has 4 rings (SSSR count). The third kappa shape index (κ3) is 4.48. The summed E-state index contributed by atoms with van der Waals surface area (Å²) in [6.45, 7) is 2.01. The summed E-state index contributed by atoms with van der Waals surface area (Å²) in [4.78, 5) is 19.5. The standard InChI is InChI=1S/C22H19F3N6O/c23-22(24,25)18-5-6-20(27-11-18)31-8-7-30(13-19(31)14-32)12-17-10-28-29-21(17)16-3-1-15(9-26)2-4-16/h1-6,10-11,14,19H,7-8,12-13H2,(H,28,29)/t19-/m0/s1. The minimum absolute atomic E-state index is 0.344. The van der Waals surface area contributed by atoms with Gasteiger partial charge in [-0.1, -0.05) is 12.1 Å². The number of carbonyl (C=O) groups is 1. The van der Waals surface area contributed by atoms with Crippen LogP contribution >= 0.6 is 0 Å². The van der Waals surface area contributed by atoms with Crippen LogP contribution in [0.2, 0.25) is 0 Å². The number of nitriles is 1. The van der Waals surface area contributed by atoms with Gasteiger partial charge < -0.3 is 9.69 Å². The Kier molecular flexibility index (Phi) is 5.92. The molecule has 0 unspecified atom stereocenters. The van der Waals surface area contributed by atoms with Crippen molar-refractivity contribution < 1.29 is 18.0 Å². The maximum Gasteiger partial charge on any atom is 0.417 e. The monoisotopic (exact) mass is 440 g/mol. The highest BCUT2D eigenvalue weighted by Crippen LogP contribution is 2.30. The Morgan fingerprint density at radius 1 is 1.16 bits per heavy atom. The number of hydrogen-bond acceptors (Lipinski definition) is 6. The molecule has 0 aliphatic carbocycles. The van der Waals surface area contributed by atoms with Gasteiger partial charge in [0, 0.05) is 37.9 Å². The van der Waals surface area contributed by atoms with E-state index in [0.29, 0.717) is 37.6 Å². The summed E-state index contributed by atoms with van der Waals surface area (Å²) in [6.07, 6.45) is -1.14. The number of H-pyrrole nitrogens is 1. The number of pyridine rings is 1. The topological polar surface area (TPSA) is 88.9 Å². The van der Waals surface area contributed by atoms with Gasteiger partial charge in [-0.25, -0.2) is 4.98 Å². The Hall–Kier alpha value is -3.71. The lowest BCUT2D eigenvalue weighted by Crippen LogP contribution is -2.54. The first kappa shape index (κ1) is 21.5. The Morgan fingerprint density at radius 2 is 1.94 bits per heavy atom. The molecule has 1 saturated heterocycles. The Labute approximate surface area is 182 Å². The molecule has 10 heteroatoms. The number of aromatic nitrogens is 3. The number of benzene rings is 1. The molecule has 1 aliphatic heterocycles. The zero-order valence-corrected chi connectivity index (χ0v) is 16.9. The van der Waals surface area contributed by atoms with Crippen LogP contribution in [0, 0.1) is 11.3 Å². The van der Waals surface area contributed by atoms with E-state index in [1.165, 1.54) is 6.07 Å². The molecule has 0 bridgehead atoms. The highest BCUT2D eigenvalue weighted by Gasteiger charge is 2.32. The number of carbonyl (C=O) groups excluding carboxylic acids is 1. The van der Waals surface area contributed by atoms with Crippen LogP contribution in [-0.2, 0) is 17.5 Å². The molecular formula is C22H19F3N6O. The zero-order valence-electron chi connectivity index (χ0n) is 16.9. The molecule has 164 valence electrons. The maximum atomic E-state index is 12.8. The fraction of sp³-hybridized carbons (Fsp3) is 0.273. The average Bonchev–Trinajstić information content (AvgIpc) is 3.26. The first-order valence-electron chi connectivity index (χ1n) is 9.89. The number of halogens is 3. The lowest BCUT2D eigenvalue weighted by atomic mass is 10.1. The Morgan fingerprint density at radius 3 is 2.56 bits per heavy atom. The third-order valence-electron chi connectivity index (χ3n) is 5.44. The first-order valence-corrected chi connectivity index (χ1v) is 9.89. The van der Waals surface area contributed by atoms with Gasteiger partial charge >= 0.3 is 6.18 Å². The van der Waals surface area contributed by atoms with Crippen molar-refractivity contribution >= 4 is 12.1 Å². The number of anilines is 1. The van der Waals surface area contributed by atoms with Crippen molar-refractivity contribution in [1.82, 2.24) is 20.1 Å². The molecule has 1 N–H and O–H groups in total. The SMILES string of the molecule is N#Cc1ccc(-c2[nH]ncc2CN2CCN(c3ccc(C(F)(F)F)cn3)[C@H](C=O)C2)cc1. The van der Waals surface area contributed by atoms with Crippen molar-refractivity contribution in [3.63, 3.8) is 0 Å². The maximum absolute atomic E-state index is 12.8. The van der Waals surface area contributed by atoms with Crippen molar-refractivity contribution in [3.05, 3.63) is 65.5 Å². The van der Waals surface area contributed by atoms with Gasteiger partial charge in [-0.05, 0) is 29.8 Å². The normalized spacial score (nSPS) is 17.2. The van der Waals surface area contributed by atoms with Gasteiger partial charge in [0.2, 0.25) is 0 Å². The van der Waals surface area contributed by atoms with Crippen LogP contribution in [0.5, 0.6) is 0 Å². The van der Waals surface area contributed by atoms with Crippen LogP contribution in [0.1, 0.15) is 16.7 Å². The van der Waals surface area contributed by atoms with E-state index in [1.807, 2.05) is 12.1 Å². The third-order valence-corrected chi connectivity index (χ3v) is 5.44. The zero-order chi connectivity index (χ0) is 22.7. The van der Waals surface area contributed by atoms with Gasteiger partial charge in [0.15, 0.2) is 0 Å². The van der Waals surface area contributed by atoms with E-state index in [1.54, 1.807) is 23.2 Å². The molecule has 0 saturated carbocycles. The van der Waals surface area contributed by atoms with E-state index in [0.717, 1.165) is 35.4 Å². The van der Waals surface area contributed by atoms with Crippen molar-refractivity contribution in [3.8, 4) is 17.3 Å². The first-order chi connectivity index (χ1) is 15.4. The highest BCUT2D eigenvalue weighted by molar-refractivity contribution is 5.66. The number of hydrogen-bond donors (Lipinski definition) is 1. The molecule has 1 aliphatic rings. The van der Waals surface area contributed by atoms with E-state index in [4.69, 9.17) is 5.26 Å². The van der Waals surface area contributed by atoms with Gasteiger partial charge in [-0.15, -0.1) is 0 Å². The predicted octanol–water partition coefficient (Wildman–Crippen LogP) is 3.25. The van der Waals surface area contributed by atoms with E-state index in [2.05, 4.69) is 26.2 Å². The Bertz CT molecular complexity index is 1120. The lowest BCUT2D eigenvalue weighted by Gasteiger charge is -2.39. The Balaban J connectivity index is 1.46. The second-order valence-electron chi connectivity index (χ2n) is 7.49. The van der Waals surface area contributed by atoms with Gasteiger partial charge in [0.05, 0.1) is 35.1 Å². The number of alkyl halides is 3. The second kappa shape index (κ2) is 8.80. The number of nitrogens with one attached hydrogen (secondary N) is 1. The van der Waals surface area contributed by atoms with Crippen molar-refractivity contribution in [2.75, 3.05) is 24.5 Å². The van der Waals surface area contributed by atoms with Gasteiger partial charge in [0.25, 0.3) is 0 Å². The molecule has 2 aromatic heterocycles. The van der Waals surface area contributed by atoms with Crippen molar-refractivity contribution in [2.45, 2.75) is 18.8 Å². The molecule has 0 spiro atoms. The average molecular weight is 440 g/mol. The van der Waals surface area contributed by atoms with Gasteiger partial charge in [-0.3, -0.25) is 10.00 Å². The van der Waals surface area contributed by atoms with E-state index < -0.39 is 17.8 Å². The van der Waals surface area contributed by atoms with Crippen molar-refractivity contribution in [1.29, 1.82) is 5.26 Å². The van der Waals surface area contributed by atoms with Gasteiger partial charge in [-0.2, -0.15) is 23.5 Å². The second-order valence-corrected chi connectivity index (χ2v) is 7.49. The molecular weight excluding hydrogens is 421 g/mol. The summed E-state index contributed by atoms with van der Waals surface area (Å²) in [5, 5.41) is 16.1. The highest BCUT2D eigenvalue weighted by atomic mass is 19.4. The number of nitrogens with zero attached hydrogens (tertiary/aromatic N) is 5. The molecule has 32 heavy (non-hydrogen) atoms. The molecule has 0 radical (unpaired) electrons. The van der Waals surface area contributed by atoms with Crippen LogP contribution in [0.15, 0.2) is 48.8 Å². The predicted molar refractivity (Wildman–Crippen MR) is 110 cm³/mol. The molecule has 3 aromatic rings. The van der Waals surface area contributed by atoms with Crippen molar-refractivity contribution in [2.24, 2.45) is 0 Å². The smallest absolute Gasteiger partial charge is 0.344 e. The number of aldehydes is 1. The molecule has 0 amide bonds. The molecule has 1 atom stereocenters. The van der Waals surface area contributed by atoms with E-state index >= 15 is 0 Å². The number of piperazine rings is 1.